The number of rotatable bonds is 5. The molecule has 1 fully saturated rings. The highest BCUT2D eigenvalue weighted by atomic mass is 19.1. The quantitative estimate of drug-likeness (QED) is 0.616. The van der Waals surface area contributed by atoms with Gasteiger partial charge in [-0.15, -0.1) is 5.10 Å². The zero-order valence-corrected chi connectivity index (χ0v) is 19.9. The Kier molecular flexibility index (Phi) is 6.29. The molecule has 4 rings (SSSR count). The van der Waals surface area contributed by atoms with Crippen LogP contribution < -0.4 is 10.2 Å². The van der Waals surface area contributed by atoms with Gasteiger partial charge >= 0.3 is 0 Å². The first-order valence-electron chi connectivity index (χ1n) is 11.4. The number of nitrogens with zero attached hydrogens (tertiary/aromatic N) is 5. The van der Waals surface area contributed by atoms with Crippen molar-refractivity contribution < 1.29 is 4.39 Å². The molecule has 0 amide bonds. The van der Waals surface area contributed by atoms with Crippen molar-refractivity contribution in [2.75, 3.05) is 30.4 Å². The monoisotopic (exact) mass is 436 g/mol. The molecule has 0 radical (unpaired) electrons. The molecule has 0 spiro atoms. The van der Waals surface area contributed by atoms with Crippen molar-refractivity contribution in [3.63, 3.8) is 0 Å². The van der Waals surface area contributed by atoms with Gasteiger partial charge in [-0.05, 0) is 52.8 Å². The summed E-state index contributed by atoms with van der Waals surface area (Å²) in [5, 5.41) is 14.1. The molecule has 3 heterocycles. The second-order valence-corrected chi connectivity index (χ2v) is 9.07. The molecule has 32 heavy (non-hydrogen) atoms. The summed E-state index contributed by atoms with van der Waals surface area (Å²) >= 11 is 0. The summed E-state index contributed by atoms with van der Waals surface area (Å²) in [6.45, 7) is 12.1. The second kappa shape index (κ2) is 8.98. The van der Waals surface area contributed by atoms with Crippen molar-refractivity contribution in [2.24, 2.45) is 0 Å². The van der Waals surface area contributed by atoms with Gasteiger partial charge in [-0.25, -0.2) is 9.37 Å². The molecular formula is C25H33FN6. The van der Waals surface area contributed by atoms with Crippen LogP contribution in [0.3, 0.4) is 0 Å². The predicted octanol–water partition coefficient (Wildman–Crippen LogP) is 4.87. The third kappa shape index (κ3) is 4.13. The molecule has 170 valence electrons. The third-order valence-electron chi connectivity index (χ3n) is 6.79. The summed E-state index contributed by atoms with van der Waals surface area (Å²) in [6.07, 6.45) is 2.95. The first-order chi connectivity index (χ1) is 15.3. The van der Waals surface area contributed by atoms with Crippen LogP contribution in [-0.4, -0.2) is 52.3 Å². The summed E-state index contributed by atoms with van der Waals surface area (Å²) in [5.74, 6) is 1.42. The molecule has 0 bridgehead atoms. The van der Waals surface area contributed by atoms with Gasteiger partial charge in [0.25, 0.3) is 0 Å². The van der Waals surface area contributed by atoms with Crippen LogP contribution in [-0.2, 0) is 0 Å². The molecule has 3 aromatic rings. The maximum Gasteiger partial charge on any atom is 0.157 e. The smallest absolute Gasteiger partial charge is 0.157 e. The second-order valence-electron chi connectivity index (χ2n) is 9.07. The first-order valence-corrected chi connectivity index (χ1v) is 11.4. The molecule has 1 aromatic carbocycles. The van der Waals surface area contributed by atoms with Crippen LogP contribution in [0.5, 0.6) is 0 Å². The summed E-state index contributed by atoms with van der Waals surface area (Å²) in [5.41, 5.74) is 2.09. The number of pyridine rings is 1. The number of hydrogen-bond donors (Lipinski definition) is 1. The highest BCUT2D eigenvalue weighted by molar-refractivity contribution is 5.94. The van der Waals surface area contributed by atoms with E-state index < -0.39 is 0 Å². The molecule has 1 aliphatic heterocycles. The number of piperazine rings is 1. The number of aryl methyl sites for hydroxylation is 2. The van der Waals surface area contributed by atoms with Crippen molar-refractivity contribution in [3.05, 3.63) is 53.1 Å². The van der Waals surface area contributed by atoms with Gasteiger partial charge in [0.15, 0.2) is 5.82 Å². The number of anilines is 2. The van der Waals surface area contributed by atoms with E-state index in [1.165, 1.54) is 0 Å². The normalized spacial score (nSPS) is 20.5. The van der Waals surface area contributed by atoms with Gasteiger partial charge in [0.2, 0.25) is 0 Å². The van der Waals surface area contributed by atoms with Crippen molar-refractivity contribution >= 4 is 22.4 Å². The molecule has 7 heteroatoms. The van der Waals surface area contributed by atoms with Gasteiger partial charge in [-0.2, -0.15) is 5.10 Å². The number of hydrogen-bond acceptors (Lipinski definition) is 6. The molecule has 6 nitrogen and oxygen atoms in total. The Bertz CT molecular complexity index is 1120. The minimum Gasteiger partial charge on any atom is -0.361 e. The number of benzene rings is 1. The maximum atomic E-state index is 14.7. The average molecular weight is 437 g/mol. The first kappa shape index (κ1) is 22.4. The highest BCUT2D eigenvalue weighted by Crippen LogP contribution is 2.31. The van der Waals surface area contributed by atoms with Crippen LogP contribution in [0, 0.1) is 19.7 Å². The Morgan fingerprint density at radius 1 is 1.19 bits per heavy atom. The van der Waals surface area contributed by atoms with Crippen molar-refractivity contribution in [3.8, 4) is 0 Å². The van der Waals surface area contributed by atoms with Crippen LogP contribution in [0.2, 0.25) is 0 Å². The van der Waals surface area contributed by atoms with Crippen LogP contribution in [0.25, 0.3) is 10.8 Å². The van der Waals surface area contributed by atoms with E-state index in [4.69, 9.17) is 4.98 Å². The van der Waals surface area contributed by atoms with E-state index in [2.05, 4.69) is 52.3 Å². The van der Waals surface area contributed by atoms with Gasteiger partial charge < -0.3 is 10.2 Å². The minimum atomic E-state index is -0.251. The largest absolute Gasteiger partial charge is 0.361 e. The van der Waals surface area contributed by atoms with Gasteiger partial charge in [0, 0.05) is 47.7 Å². The number of fused-ring (bicyclic) bond motifs is 1. The molecule has 1 saturated heterocycles. The molecular weight excluding hydrogens is 403 g/mol. The Morgan fingerprint density at radius 3 is 2.72 bits per heavy atom. The van der Waals surface area contributed by atoms with Gasteiger partial charge in [0.05, 0.1) is 11.7 Å². The lowest BCUT2D eigenvalue weighted by Crippen LogP contribution is -2.56. The molecule has 0 unspecified atom stereocenters. The third-order valence-corrected chi connectivity index (χ3v) is 6.79. The van der Waals surface area contributed by atoms with E-state index in [9.17, 15) is 4.39 Å². The summed E-state index contributed by atoms with van der Waals surface area (Å²) in [4.78, 5) is 9.62. The zero-order chi connectivity index (χ0) is 23.0. The topological polar surface area (TPSA) is 57.2 Å². The molecule has 1 aliphatic rings. The van der Waals surface area contributed by atoms with Crippen LogP contribution in [0.4, 0.5) is 16.0 Å². The number of aromatic nitrogens is 3. The van der Waals surface area contributed by atoms with E-state index in [0.717, 1.165) is 41.8 Å². The van der Waals surface area contributed by atoms with Crippen LogP contribution in [0.1, 0.15) is 50.1 Å². The van der Waals surface area contributed by atoms with Crippen LogP contribution >= 0.6 is 0 Å². The van der Waals surface area contributed by atoms with E-state index in [-0.39, 0.29) is 11.9 Å². The summed E-state index contributed by atoms with van der Waals surface area (Å²) in [6, 6.07) is 8.20. The van der Waals surface area contributed by atoms with E-state index >= 15 is 0 Å². The SMILES string of the molecule is CC[C@@H]1CN(C)[C@H](C)CN1c1cc2c(N[C@H](C)c3cccc(C)c3F)nnc(C)c2cn1. The Hall–Kier alpha value is -2.80. The fraction of sp³-hybridized carbons (Fsp3) is 0.480. The predicted molar refractivity (Wildman–Crippen MR) is 129 cm³/mol. The highest BCUT2D eigenvalue weighted by Gasteiger charge is 2.29. The van der Waals surface area contributed by atoms with Crippen molar-refractivity contribution in [1.29, 1.82) is 0 Å². The summed E-state index contributed by atoms with van der Waals surface area (Å²) in [7, 11) is 2.19. The summed E-state index contributed by atoms with van der Waals surface area (Å²) < 4.78 is 14.7. The Labute approximate surface area is 189 Å². The Balaban J connectivity index is 1.72. The standard InChI is InChI=1S/C25H33FN6/c1-7-19-14-31(6)16(3)13-32(19)23-11-21-22(12-27-23)18(5)29-30-25(21)28-17(4)20-10-8-9-15(2)24(20)26/h8-12,16-17,19H,7,13-14H2,1-6H3,(H,28,30)/t16-,17-,19-/m1/s1. The molecule has 0 aliphatic carbocycles. The lowest BCUT2D eigenvalue weighted by molar-refractivity contribution is 0.197. The number of halogens is 1. The Morgan fingerprint density at radius 2 is 1.97 bits per heavy atom. The van der Waals surface area contributed by atoms with E-state index in [0.29, 0.717) is 29.0 Å². The fourth-order valence-corrected chi connectivity index (χ4v) is 4.53. The van der Waals surface area contributed by atoms with Gasteiger partial charge in [0.1, 0.15) is 11.6 Å². The molecule has 3 atom stereocenters. The zero-order valence-electron chi connectivity index (χ0n) is 19.9. The maximum absolute atomic E-state index is 14.7. The fourth-order valence-electron chi connectivity index (χ4n) is 4.53. The number of nitrogens with one attached hydrogen (secondary N) is 1. The van der Waals surface area contributed by atoms with E-state index in [1.807, 2.05) is 32.2 Å². The van der Waals surface area contributed by atoms with Crippen molar-refractivity contribution in [2.45, 2.75) is 59.2 Å². The van der Waals surface area contributed by atoms with Crippen molar-refractivity contribution in [1.82, 2.24) is 20.1 Å². The number of likely N-dealkylation sites (N-methyl/N-ethyl adjacent to an activating group) is 1. The van der Waals surface area contributed by atoms with Gasteiger partial charge in [-0.1, -0.05) is 25.1 Å². The van der Waals surface area contributed by atoms with Gasteiger partial charge in [-0.3, -0.25) is 4.90 Å². The molecule has 1 N–H and O–H groups in total. The van der Waals surface area contributed by atoms with E-state index in [1.54, 1.807) is 13.0 Å². The molecule has 0 saturated carbocycles. The minimum absolute atomic E-state index is 0.184. The lowest BCUT2D eigenvalue weighted by atomic mass is 10.0. The molecule has 2 aromatic heterocycles. The lowest BCUT2D eigenvalue weighted by Gasteiger charge is -2.44. The average Bonchev–Trinajstić information content (AvgIpc) is 2.78. The van der Waals surface area contributed by atoms with Crippen LogP contribution in [0.15, 0.2) is 30.5 Å².